The van der Waals surface area contributed by atoms with E-state index in [1.807, 2.05) is 17.0 Å². The van der Waals surface area contributed by atoms with Crippen molar-refractivity contribution >= 4 is 5.91 Å². The Hall–Kier alpha value is -2.54. The van der Waals surface area contributed by atoms with E-state index in [1.165, 1.54) is 12.4 Å². The summed E-state index contributed by atoms with van der Waals surface area (Å²) in [6.07, 6.45) is 6.53. The van der Waals surface area contributed by atoms with Crippen molar-refractivity contribution in [2.75, 3.05) is 19.7 Å². The van der Waals surface area contributed by atoms with Crippen molar-refractivity contribution < 1.29 is 9.53 Å². The number of nitrogens with zero attached hydrogens (tertiary/aromatic N) is 3. The lowest BCUT2D eigenvalue weighted by atomic mass is 10.1. The third kappa shape index (κ3) is 4.48. The molecule has 1 N–H and O–H groups in total. The summed E-state index contributed by atoms with van der Waals surface area (Å²) in [5.74, 6) is 0.0885. The first-order valence-electron chi connectivity index (χ1n) is 8.02. The topological polar surface area (TPSA) is 88.2 Å². The minimum atomic E-state index is -0.155. The van der Waals surface area contributed by atoms with Gasteiger partial charge in [-0.3, -0.25) is 14.6 Å². The molecule has 7 heteroatoms. The number of H-pyrrole nitrogens is 1. The van der Waals surface area contributed by atoms with Crippen molar-refractivity contribution in [3.8, 4) is 0 Å². The van der Waals surface area contributed by atoms with E-state index in [2.05, 4.69) is 15.0 Å². The Morgan fingerprint density at radius 3 is 3.17 bits per heavy atom. The number of rotatable bonds is 5. The van der Waals surface area contributed by atoms with Crippen LogP contribution in [0.1, 0.15) is 17.7 Å². The van der Waals surface area contributed by atoms with Crippen molar-refractivity contribution in [2.45, 2.75) is 25.4 Å². The third-order valence-corrected chi connectivity index (χ3v) is 4.03. The minimum Gasteiger partial charge on any atom is -0.375 e. The van der Waals surface area contributed by atoms with Gasteiger partial charge in [0.2, 0.25) is 5.91 Å². The summed E-state index contributed by atoms with van der Waals surface area (Å²) < 4.78 is 5.74. The van der Waals surface area contributed by atoms with Gasteiger partial charge in [0.05, 0.1) is 25.5 Å². The summed E-state index contributed by atoms with van der Waals surface area (Å²) in [5, 5.41) is 0. The predicted octanol–water partition coefficient (Wildman–Crippen LogP) is 0.568. The van der Waals surface area contributed by atoms with Gasteiger partial charge < -0.3 is 14.6 Å². The Morgan fingerprint density at radius 1 is 1.46 bits per heavy atom. The molecule has 0 bridgehead atoms. The molecule has 0 aliphatic carbocycles. The fourth-order valence-electron chi connectivity index (χ4n) is 2.76. The van der Waals surface area contributed by atoms with Crippen molar-refractivity contribution in [3.05, 3.63) is 58.5 Å². The summed E-state index contributed by atoms with van der Waals surface area (Å²) in [7, 11) is 0. The number of amides is 1. The monoisotopic (exact) mass is 328 g/mol. The number of aromatic amines is 1. The number of carbonyl (C=O) groups is 1. The fourth-order valence-corrected chi connectivity index (χ4v) is 2.76. The molecule has 24 heavy (non-hydrogen) atoms. The molecule has 1 aliphatic rings. The molecule has 1 saturated heterocycles. The maximum atomic E-state index is 12.4. The zero-order valence-corrected chi connectivity index (χ0v) is 13.4. The van der Waals surface area contributed by atoms with Crippen LogP contribution in [0.2, 0.25) is 0 Å². The number of hydrogen-bond acceptors (Lipinski definition) is 5. The normalized spacial score (nSPS) is 17.7. The fraction of sp³-hybridized carbons (Fsp3) is 0.412. The molecule has 3 heterocycles. The first-order valence-corrected chi connectivity index (χ1v) is 8.02. The highest BCUT2D eigenvalue weighted by Gasteiger charge is 2.24. The van der Waals surface area contributed by atoms with Gasteiger partial charge in [0.1, 0.15) is 0 Å². The standard InChI is InChI=1S/C17H20N4O3/c22-16-9-14(19-12-20-16)3-4-15-11-21(6-7-24-15)17(23)8-13-2-1-5-18-10-13/h1-2,5,9-10,12,15H,3-4,6-8,11H2,(H,19,20,22). The average Bonchev–Trinajstić information content (AvgIpc) is 2.61. The molecule has 0 spiro atoms. The second-order valence-electron chi connectivity index (χ2n) is 5.81. The lowest BCUT2D eigenvalue weighted by Crippen LogP contribution is -2.46. The van der Waals surface area contributed by atoms with E-state index in [-0.39, 0.29) is 17.6 Å². The molecule has 1 aliphatic heterocycles. The summed E-state index contributed by atoms with van der Waals surface area (Å²) in [4.78, 5) is 36.2. The van der Waals surface area contributed by atoms with E-state index in [4.69, 9.17) is 4.74 Å². The van der Waals surface area contributed by atoms with Crippen LogP contribution in [0.5, 0.6) is 0 Å². The number of aromatic nitrogens is 3. The van der Waals surface area contributed by atoms with E-state index >= 15 is 0 Å². The number of morpholine rings is 1. The van der Waals surface area contributed by atoms with Gasteiger partial charge in [0, 0.05) is 37.2 Å². The van der Waals surface area contributed by atoms with Gasteiger partial charge in [0.25, 0.3) is 5.56 Å². The van der Waals surface area contributed by atoms with Gasteiger partial charge in [-0.1, -0.05) is 6.07 Å². The highest BCUT2D eigenvalue weighted by atomic mass is 16.5. The van der Waals surface area contributed by atoms with Gasteiger partial charge in [0.15, 0.2) is 0 Å². The Bertz CT molecular complexity index is 732. The van der Waals surface area contributed by atoms with Crippen molar-refractivity contribution in [2.24, 2.45) is 0 Å². The summed E-state index contributed by atoms with van der Waals surface area (Å²) in [6, 6.07) is 5.23. The SMILES string of the molecule is O=C(Cc1cccnc1)N1CCOC(CCc2cc(=O)[nH]cn2)C1. The lowest BCUT2D eigenvalue weighted by Gasteiger charge is -2.33. The zero-order valence-electron chi connectivity index (χ0n) is 13.4. The predicted molar refractivity (Wildman–Crippen MR) is 87.4 cm³/mol. The first-order chi connectivity index (χ1) is 11.7. The zero-order chi connectivity index (χ0) is 16.8. The van der Waals surface area contributed by atoms with E-state index < -0.39 is 0 Å². The molecular formula is C17H20N4O3. The van der Waals surface area contributed by atoms with Gasteiger partial charge in [-0.05, 0) is 24.5 Å². The highest BCUT2D eigenvalue weighted by molar-refractivity contribution is 5.78. The van der Waals surface area contributed by atoms with Crippen LogP contribution in [-0.4, -0.2) is 51.6 Å². The summed E-state index contributed by atoms with van der Waals surface area (Å²) >= 11 is 0. The Kier molecular flexibility index (Phi) is 5.32. The molecule has 1 amide bonds. The van der Waals surface area contributed by atoms with Crippen molar-refractivity contribution in [3.63, 3.8) is 0 Å². The summed E-state index contributed by atoms with van der Waals surface area (Å²) in [5.41, 5.74) is 1.50. The van der Waals surface area contributed by atoms with E-state index in [9.17, 15) is 9.59 Å². The van der Waals surface area contributed by atoms with Crippen LogP contribution in [0.3, 0.4) is 0 Å². The van der Waals surface area contributed by atoms with Gasteiger partial charge in [-0.2, -0.15) is 0 Å². The van der Waals surface area contributed by atoms with Gasteiger partial charge in [-0.25, -0.2) is 4.98 Å². The maximum Gasteiger partial charge on any atom is 0.250 e. The largest absolute Gasteiger partial charge is 0.375 e. The second-order valence-corrected chi connectivity index (χ2v) is 5.81. The molecule has 0 saturated carbocycles. The molecule has 126 valence electrons. The molecule has 0 radical (unpaired) electrons. The molecule has 1 atom stereocenters. The average molecular weight is 328 g/mol. The lowest BCUT2D eigenvalue weighted by molar-refractivity contribution is -0.138. The molecular weight excluding hydrogens is 308 g/mol. The first kappa shape index (κ1) is 16.3. The van der Waals surface area contributed by atoms with Crippen LogP contribution in [0, 0.1) is 0 Å². The van der Waals surface area contributed by atoms with Crippen LogP contribution in [0.4, 0.5) is 0 Å². The molecule has 1 unspecified atom stereocenters. The molecule has 1 fully saturated rings. The molecule has 3 rings (SSSR count). The van der Waals surface area contributed by atoms with Crippen LogP contribution in [0.25, 0.3) is 0 Å². The van der Waals surface area contributed by atoms with Crippen molar-refractivity contribution in [1.29, 1.82) is 0 Å². The number of hydrogen-bond donors (Lipinski definition) is 1. The third-order valence-electron chi connectivity index (χ3n) is 4.03. The van der Waals surface area contributed by atoms with E-state index in [0.717, 1.165) is 17.7 Å². The number of nitrogens with one attached hydrogen (secondary N) is 1. The molecule has 2 aromatic rings. The van der Waals surface area contributed by atoms with Crippen LogP contribution in [0.15, 0.2) is 41.7 Å². The van der Waals surface area contributed by atoms with Crippen LogP contribution >= 0.6 is 0 Å². The number of carbonyl (C=O) groups excluding carboxylic acids is 1. The number of ether oxygens (including phenoxy) is 1. The second kappa shape index (κ2) is 7.83. The smallest absolute Gasteiger partial charge is 0.250 e. The van der Waals surface area contributed by atoms with Crippen molar-refractivity contribution in [1.82, 2.24) is 19.9 Å². The molecule has 7 nitrogen and oxygen atoms in total. The Labute approximate surface area is 139 Å². The molecule has 0 aromatic carbocycles. The van der Waals surface area contributed by atoms with Gasteiger partial charge >= 0.3 is 0 Å². The van der Waals surface area contributed by atoms with Crippen LogP contribution < -0.4 is 5.56 Å². The van der Waals surface area contributed by atoms with E-state index in [1.54, 1.807) is 12.4 Å². The highest BCUT2D eigenvalue weighted by Crippen LogP contribution is 2.12. The Balaban J connectivity index is 1.52. The van der Waals surface area contributed by atoms with Crippen LogP contribution in [-0.2, 0) is 22.4 Å². The van der Waals surface area contributed by atoms with E-state index in [0.29, 0.717) is 32.5 Å². The number of aryl methyl sites for hydroxylation is 1. The Morgan fingerprint density at radius 2 is 2.38 bits per heavy atom. The summed E-state index contributed by atoms with van der Waals surface area (Å²) in [6.45, 7) is 1.72. The van der Waals surface area contributed by atoms with Gasteiger partial charge in [-0.15, -0.1) is 0 Å². The number of pyridine rings is 1. The maximum absolute atomic E-state index is 12.4. The molecule has 2 aromatic heterocycles. The quantitative estimate of drug-likeness (QED) is 0.867. The minimum absolute atomic E-state index is 0.0299.